The summed E-state index contributed by atoms with van der Waals surface area (Å²) in [5, 5.41) is 16.9. The van der Waals surface area contributed by atoms with Crippen molar-refractivity contribution in [3.05, 3.63) is 81.3 Å². The smallest absolute Gasteiger partial charge is 0.340 e. The summed E-state index contributed by atoms with van der Waals surface area (Å²) < 4.78 is 23.8. The van der Waals surface area contributed by atoms with Crippen LogP contribution >= 0.6 is 15.9 Å². The molecule has 5 rings (SSSR count). The molecule has 2 heterocycles. The second-order valence-electron chi connectivity index (χ2n) is 8.07. The predicted octanol–water partition coefficient (Wildman–Crippen LogP) is 5.42. The van der Waals surface area contributed by atoms with Gasteiger partial charge >= 0.3 is 5.97 Å². The van der Waals surface area contributed by atoms with Gasteiger partial charge in [0.1, 0.15) is 5.56 Å². The summed E-state index contributed by atoms with van der Waals surface area (Å²) >= 11 is 3.48. The Labute approximate surface area is 210 Å². The lowest BCUT2D eigenvalue weighted by molar-refractivity contribution is -0.0217. The van der Waals surface area contributed by atoms with Crippen LogP contribution in [0.25, 0.3) is 0 Å². The Morgan fingerprint density at radius 2 is 1.74 bits per heavy atom. The van der Waals surface area contributed by atoms with Crippen molar-refractivity contribution in [1.29, 1.82) is 0 Å². The van der Waals surface area contributed by atoms with Crippen LogP contribution in [0.15, 0.2) is 64.2 Å². The molecule has 0 spiro atoms. The number of methoxy groups -OCH3 is 3. The average molecular weight is 539 g/mol. The Hall–Kier alpha value is -3.72. The van der Waals surface area contributed by atoms with Gasteiger partial charge in [0, 0.05) is 22.0 Å². The van der Waals surface area contributed by atoms with E-state index < -0.39 is 12.2 Å². The largest absolute Gasteiger partial charge is 0.493 e. The van der Waals surface area contributed by atoms with E-state index in [1.807, 2.05) is 47.5 Å². The molecular formula is C26H23BrN2O6. The molecule has 0 fully saturated rings. The van der Waals surface area contributed by atoms with Crippen molar-refractivity contribution in [2.45, 2.75) is 18.7 Å². The van der Waals surface area contributed by atoms with Crippen LogP contribution in [0.3, 0.4) is 0 Å². The maximum Gasteiger partial charge on any atom is 0.340 e. The van der Waals surface area contributed by atoms with Crippen LogP contribution < -0.4 is 18.9 Å². The first kappa shape index (κ1) is 23.0. The van der Waals surface area contributed by atoms with Crippen LogP contribution in [0.2, 0.25) is 0 Å². The summed E-state index contributed by atoms with van der Waals surface area (Å²) in [4.78, 5) is 12.4. The molecule has 8 nitrogen and oxygen atoms in total. The molecule has 0 radical (unpaired) electrons. The molecule has 3 aromatic rings. The highest BCUT2D eigenvalue weighted by Gasteiger charge is 2.44. The van der Waals surface area contributed by atoms with Crippen LogP contribution in [0.4, 0.5) is 0 Å². The molecule has 0 amide bonds. The number of para-hydroxylation sites is 1. The minimum atomic E-state index is -1.15. The fraction of sp³-hybridized carbons (Fsp3) is 0.231. The molecule has 0 saturated heterocycles. The topological polar surface area (TPSA) is 89.8 Å². The highest BCUT2D eigenvalue weighted by atomic mass is 79.9. The number of hydrazone groups is 1. The van der Waals surface area contributed by atoms with Crippen molar-refractivity contribution in [2.75, 3.05) is 21.3 Å². The molecule has 180 valence electrons. The maximum absolute atomic E-state index is 12.4. The molecular weight excluding hydrogens is 516 g/mol. The Kier molecular flexibility index (Phi) is 6.02. The SMILES string of the molecule is COc1cccc2c1O[C@H](c1ccc(OC)c(OC)c1C(=O)O)N1N=C(c3ccc(Br)cc3)C[C@@H]21. The minimum Gasteiger partial charge on any atom is -0.493 e. The number of carbonyl (C=O) groups is 1. The van der Waals surface area contributed by atoms with E-state index in [9.17, 15) is 9.90 Å². The number of nitrogens with zero attached hydrogens (tertiary/aromatic N) is 2. The van der Waals surface area contributed by atoms with E-state index in [2.05, 4.69) is 15.9 Å². The Balaban J connectivity index is 1.70. The van der Waals surface area contributed by atoms with Crippen molar-refractivity contribution >= 4 is 27.6 Å². The predicted molar refractivity (Wildman–Crippen MR) is 133 cm³/mol. The van der Waals surface area contributed by atoms with Crippen LogP contribution in [0.1, 0.15) is 45.7 Å². The number of rotatable bonds is 6. The van der Waals surface area contributed by atoms with Gasteiger partial charge < -0.3 is 24.1 Å². The number of carboxylic acids is 1. The Bertz CT molecular complexity index is 1320. The second kappa shape index (κ2) is 9.14. The number of hydrogen-bond donors (Lipinski definition) is 1. The van der Waals surface area contributed by atoms with E-state index in [0.29, 0.717) is 29.2 Å². The zero-order valence-electron chi connectivity index (χ0n) is 19.3. The Morgan fingerprint density at radius 1 is 1.00 bits per heavy atom. The number of fused-ring (bicyclic) bond motifs is 3. The standard InChI is InChI=1S/C26H23BrN2O6/c1-32-20-6-4-5-16-19-13-18(14-7-9-15(27)10-8-14)28-29(19)25(35-23(16)20)17-11-12-21(33-2)24(34-3)22(17)26(30)31/h4-12,19,25H,13H2,1-3H3,(H,30,31)/t19-,25+/m0/s1. The van der Waals surface area contributed by atoms with E-state index >= 15 is 0 Å². The van der Waals surface area contributed by atoms with Crippen LogP contribution in [0, 0.1) is 0 Å². The Morgan fingerprint density at radius 3 is 2.40 bits per heavy atom. The molecule has 2 aliphatic heterocycles. The molecule has 2 atom stereocenters. The first-order valence-corrected chi connectivity index (χ1v) is 11.7. The number of benzene rings is 3. The lowest BCUT2D eigenvalue weighted by atomic mass is 9.94. The zero-order valence-corrected chi connectivity index (χ0v) is 20.9. The second-order valence-corrected chi connectivity index (χ2v) is 8.99. The van der Waals surface area contributed by atoms with E-state index in [1.54, 1.807) is 19.2 Å². The van der Waals surface area contributed by atoms with Gasteiger partial charge in [-0.25, -0.2) is 9.80 Å². The van der Waals surface area contributed by atoms with Gasteiger partial charge in [-0.2, -0.15) is 5.10 Å². The minimum absolute atomic E-state index is 0.0405. The molecule has 0 saturated carbocycles. The highest BCUT2D eigenvalue weighted by molar-refractivity contribution is 9.10. The van der Waals surface area contributed by atoms with Crippen LogP contribution in [0.5, 0.6) is 23.0 Å². The van der Waals surface area contributed by atoms with Crippen molar-refractivity contribution < 1.29 is 28.8 Å². The lowest BCUT2D eigenvalue weighted by Crippen LogP contribution is -2.35. The molecule has 1 N–H and O–H groups in total. The first-order valence-electron chi connectivity index (χ1n) is 10.9. The summed E-state index contributed by atoms with van der Waals surface area (Å²) in [5.41, 5.74) is 3.15. The molecule has 3 aromatic carbocycles. The van der Waals surface area contributed by atoms with Crippen LogP contribution in [-0.4, -0.2) is 43.1 Å². The van der Waals surface area contributed by atoms with Gasteiger partial charge in [-0.3, -0.25) is 0 Å². The fourth-order valence-electron chi connectivity index (χ4n) is 4.64. The molecule has 0 unspecified atom stereocenters. The molecule has 0 aliphatic carbocycles. The maximum atomic E-state index is 12.4. The summed E-state index contributed by atoms with van der Waals surface area (Å²) in [7, 11) is 4.46. The third kappa shape index (κ3) is 3.85. The lowest BCUT2D eigenvalue weighted by Gasteiger charge is -2.39. The average Bonchev–Trinajstić information content (AvgIpc) is 3.33. The number of halogens is 1. The normalized spacial score (nSPS) is 18.2. The summed E-state index contributed by atoms with van der Waals surface area (Å²) in [5.74, 6) is 0.429. The molecule has 0 aromatic heterocycles. The van der Waals surface area contributed by atoms with E-state index in [0.717, 1.165) is 21.3 Å². The zero-order chi connectivity index (χ0) is 24.7. The van der Waals surface area contributed by atoms with Gasteiger partial charge in [-0.15, -0.1) is 0 Å². The molecule has 35 heavy (non-hydrogen) atoms. The number of ether oxygens (including phenoxy) is 4. The summed E-state index contributed by atoms with van der Waals surface area (Å²) in [6.45, 7) is 0. The number of aromatic carboxylic acids is 1. The van der Waals surface area contributed by atoms with E-state index in [-0.39, 0.29) is 17.4 Å². The first-order chi connectivity index (χ1) is 17.0. The van der Waals surface area contributed by atoms with E-state index in [4.69, 9.17) is 24.0 Å². The van der Waals surface area contributed by atoms with Crippen molar-refractivity contribution in [3.63, 3.8) is 0 Å². The number of carboxylic acid groups (broad SMARTS) is 1. The van der Waals surface area contributed by atoms with Gasteiger partial charge in [0.25, 0.3) is 0 Å². The van der Waals surface area contributed by atoms with Crippen molar-refractivity contribution in [3.8, 4) is 23.0 Å². The van der Waals surface area contributed by atoms with Crippen molar-refractivity contribution in [1.82, 2.24) is 5.01 Å². The molecule has 0 bridgehead atoms. The van der Waals surface area contributed by atoms with E-state index in [1.165, 1.54) is 14.2 Å². The van der Waals surface area contributed by atoms with Gasteiger partial charge in [0.15, 0.2) is 23.0 Å². The monoisotopic (exact) mass is 538 g/mol. The van der Waals surface area contributed by atoms with Gasteiger partial charge in [-0.05, 0) is 35.9 Å². The number of hydrogen-bond acceptors (Lipinski definition) is 7. The molecule has 9 heteroatoms. The van der Waals surface area contributed by atoms with Gasteiger partial charge in [0.05, 0.1) is 33.1 Å². The highest BCUT2D eigenvalue weighted by Crippen LogP contribution is 2.52. The quantitative estimate of drug-likeness (QED) is 0.448. The molecule has 2 aliphatic rings. The fourth-order valence-corrected chi connectivity index (χ4v) is 4.90. The van der Waals surface area contributed by atoms with Gasteiger partial charge in [-0.1, -0.05) is 40.2 Å². The van der Waals surface area contributed by atoms with Gasteiger partial charge in [0.2, 0.25) is 6.23 Å². The van der Waals surface area contributed by atoms with Crippen LogP contribution in [-0.2, 0) is 0 Å². The third-order valence-electron chi connectivity index (χ3n) is 6.24. The third-order valence-corrected chi connectivity index (χ3v) is 6.76. The summed E-state index contributed by atoms with van der Waals surface area (Å²) in [6.07, 6.45) is -0.209. The summed E-state index contributed by atoms with van der Waals surface area (Å²) in [6, 6.07) is 16.8. The van der Waals surface area contributed by atoms with Crippen molar-refractivity contribution in [2.24, 2.45) is 5.10 Å².